The minimum Gasteiger partial charge on any atom is -0.493 e. The van der Waals surface area contributed by atoms with E-state index in [1.807, 2.05) is 47.5 Å². The molecule has 2 aliphatic rings. The van der Waals surface area contributed by atoms with Crippen LogP contribution in [0.15, 0.2) is 114 Å². The fourth-order valence-corrected chi connectivity index (χ4v) is 8.01. The number of hydrogen-bond donors (Lipinski definition) is 1. The lowest BCUT2D eigenvalue weighted by atomic mass is 9.96. The molecule has 2 heterocycles. The molecule has 1 amide bonds. The van der Waals surface area contributed by atoms with Crippen molar-refractivity contribution in [2.45, 2.75) is 29.5 Å². The summed E-state index contributed by atoms with van der Waals surface area (Å²) in [5, 5.41) is 1.89. The van der Waals surface area contributed by atoms with E-state index in [1.165, 1.54) is 41.8 Å². The molecule has 0 unspecified atom stereocenters. The number of piperazine rings is 1. The molecule has 246 valence electrons. The number of methoxy groups -OCH3 is 2. The highest BCUT2D eigenvalue weighted by atomic mass is 32.2. The lowest BCUT2D eigenvalue weighted by Crippen LogP contribution is -2.57. The van der Waals surface area contributed by atoms with Gasteiger partial charge in [-0.1, -0.05) is 78.9 Å². The topological polar surface area (TPSA) is 101 Å². The van der Waals surface area contributed by atoms with Crippen LogP contribution in [-0.2, 0) is 14.8 Å². The molecule has 0 bridgehead atoms. The Balaban J connectivity index is 1.18. The van der Waals surface area contributed by atoms with Gasteiger partial charge >= 0.3 is 0 Å². The highest BCUT2D eigenvalue weighted by Gasteiger charge is 2.46. The third-order valence-electron chi connectivity index (χ3n) is 8.71. The number of nitrogens with one attached hydrogen (secondary N) is 1. The van der Waals surface area contributed by atoms with Gasteiger partial charge in [-0.25, -0.2) is 13.4 Å². The van der Waals surface area contributed by atoms with Gasteiger partial charge in [-0.05, 0) is 35.4 Å². The monoisotopic (exact) mass is 656 g/mol. The Morgan fingerprint density at radius 3 is 1.91 bits per heavy atom. The van der Waals surface area contributed by atoms with Crippen molar-refractivity contribution in [3.05, 3.63) is 120 Å². The Labute approximate surface area is 276 Å². The Bertz CT molecular complexity index is 1700. The molecule has 2 fully saturated rings. The first-order chi connectivity index (χ1) is 22.9. The van der Waals surface area contributed by atoms with Gasteiger partial charge in [-0.15, -0.1) is 0 Å². The van der Waals surface area contributed by atoms with Crippen LogP contribution < -0.4 is 19.6 Å². The number of benzene rings is 4. The van der Waals surface area contributed by atoms with Crippen LogP contribution in [0.1, 0.15) is 23.6 Å². The molecular weight excluding hydrogens is 616 g/mol. The molecule has 11 heteroatoms. The summed E-state index contributed by atoms with van der Waals surface area (Å²) in [7, 11) is -1.17. The lowest BCUT2D eigenvalue weighted by molar-refractivity contribution is -0.130. The molecule has 2 saturated heterocycles. The Kier molecular flexibility index (Phi) is 10.1. The number of hydrogen-bond acceptors (Lipinski definition) is 8. The van der Waals surface area contributed by atoms with E-state index >= 15 is 0 Å². The number of nitrogens with zero attached hydrogens (tertiary/aromatic N) is 3. The molecule has 0 radical (unpaired) electrons. The summed E-state index contributed by atoms with van der Waals surface area (Å²) in [6.45, 7) is 2.62. The van der Waals surface area contributed by atoms with Gasteiger partial charge in [0.1, 0.15) is 17.9 Å². The summed E-state index contributed by atoms with van der Waals surface area (Å²) in [6, 6.07) is 33.6. The molecule has 0 saturated carbocycles. The quantitative estimate of drug-likeness (QED) is 0.255. The van der Waals surface area contributed by atoms with E-state index in [9.17, 15) is 13.2 Å². The first-order valence-corrected chi connectivity index (χ1v) is 17.2. The Morgan fingerprint density at radius 1 is 0.766 bits per heavy atom. The summed E-state index contributed by atoms with van der Waals surface area (Å²) >= 11 is 0. The van der Waals surface area contributed by atoms with Crippen molar-refractivity contribution >= 4 is 15.9 Å². The van der Waals surface area contributed by atoms with E-state index in [0.717, 1.165) is 0 Å². The van der Waals surface area contributed by atoms with Crippen molar-refractivity contribution in [1.29, 1.82) is 0 Å². The molecule has 2 atom stereocenters. The summed E-state index contributed by atoms with van der Waals surface area (Å²) in [5.41, 5.74) is 5.46. The second kappa shape index (κ2) is 14.6. The molecular formula is C36H40N4O6S. The standard InChI is InChI=1S/C36H40N4O6S/c1-44-33-19-18-31(25-34(33)45-2)47(42,43)40-26-30(46-29-16-10-5-11-17-29)24-32(40)36(41)37-39-22-20-38(21-23-39)35(27-12-6-3-7-13-27)28-14-8-4-9-15-28/h3-19,25,30,32,35H,20-24,26H2,1-2H3,(H,37,41)/t30-,32-/m0/s1. The van der Waals surface area contributed by atoms with Crippen LogP contribution in [0.5, 0.6) is 17.2 Å². The molecule has 0 spiro atoms. The first kappa shape index (κ1) is 32.5. The zero-order valence-electron chi connectivity index (χ0n) is 26.6. The van der Waals surface area contributed by atoms with Crippen LogP contribution >= 0.6 is 0 Å². The van der Waals surface area contributed by atoms with Crippen LogP contribution in [-0.4, -0.2) is 87.6 Å². The van der Waals surface area contributed by atoms with Gasteiger partial charge in [-0.2, -0.15) is 4.31 Å². The number of ether oxygens (including phenoxy) is 3. The molecule has 10 nitrogen and oxygen atoms in total. The number of hydrazine groups is 1. The van der Waals surface area contributed by atoms with E-state index in [1.54, 1.807) is 6.07 Å². The van der Waals surface area contributed by atoms with Gasteiger partial charge < -0.3 is 14.2 Å². The van der Waals surface area contributed by atoms with Crippen molar-refractivity contribution in [2.24, 2.45) is 0 Å². The molecule has 0 aromatic heterocycles. The van der Waals surface area contributed by atoms with Crippen LogP contribution in [0.4, 0.5) is 0 Å². The summed E-state index contributed by atoms with van der Waals surface area (Å²) in [5.74, 6) is 0.926. The van der Waals surface area contributed by atoms with Gasteiger partial charge in [-0.3, -0.25) is 15.1 Å². The second-order valence-electron chi connectivity index (χ2n) is 11.6. The van der Waals surface area contributed by atoms with Crippen molar-refractivity contribution in [3.63, 3.8) is 0 Å². The van der Waals surface area contributed by atoms with E-state index < -0.39 is 22.2 Å². The zero-order valence-corrected chi connectivity index (χ0v) is 27.4. The number of rotatable bonds is 11. The van der Waals surface area contributed by atoms with Crippen LogP contribution in [0.2, 0.25) is 0 Å². The summed E-state index contributed by atoms with van der Waals surface area (Å²) in [6.07, 6.45) is -0.311. The number of carbonyl (C=O) groups is 1. The van der Waals surface area contributed by atoms with Crippen molar-refractivity contribution in [1.82, 2.24) is 19.6 Å². The third-order valence-corrected chi connectivity index (χ3v) is 10.6. The largest absolute Gasteiger partial charge is 0.493 e. The molecule has 4 aromatic carbocycles. The van der Waals surface area contributed by atoms with Crippen LogP contribution in [0.3, 0.4) is 0 Å². The number of carbonyl (C=O) groups excluding carboxylic acids is 1. The fraction of sp³-hybridized carbons (Fsp3) is 0.306. The fourth-order valence-electron chi connectivity index (χ4n) is 6.37. The van der Waals surface area contributed by atoms with E-state index in [4.69, 9.17) is 14.2 Å². The minimum atomic E-state index is -4.11. The second-order valence-corrected chi connectivity index (χ2v) is 13.5. The SMILES string of the molecule is COc1ccc(S(=O)(=O)N2C[C@@H](Oc3ccccc3)C[C@H]2C(=O)NN2CCN(C(c3ccccc3)c3ccccc3)CC2)cc1OC. The maximum Gasteiger partial charge on any atom is 0.252 e. The van der Waals surface area contributed by atoms with Crippen molar-refractivity contribution < 1.29 is 27.4 Å². The average molecular weight is 657 g/mol. The highest BCUT2D eigenvalue weighted by molar-refractivity contribution is 7.89. The lowest BCUT2D eigenvalue weighted by Gasteiger charge is -2.40. The van der Waals surface area contributed by atoms with Gasteiger partial charge in [0.2, 0.25) is 10.0 Å². The number of sulfonamides is 1. The van der Waals surface area contributed by atoms with Crippen LogP contribution in [0, 0.1) is 0 Å². The van der Waals surface area contributed by atoms with Gasteiger partial charge in [0.05, 0.1) is 31.7 Å². The van der Waals surface area contributed by atoms with Crippen molar-refractivity contribution in [3.8, 4) is 17.2 Å². The normalized spacial score (nSPS) is 19.4. The average Bonchev–Trinajstić information content (AvgIpc) is 3.55. The van der Waals surface area contributed by atoms with E-state index in [2.05, 4.69) is 58.9 Å². The van der Waals surface area contributed by atoms with E-state index in [0.29, 0.717) is 37.7 Å². The molecule has 6 rings (SSSR count). The summed E-state index contributed by atoms with van der Waals surface area (Å²) in [4.78, 5) is 16.3. The maximum absolute atomic E-state index is 14.1. The molecule has 4 aromatic rings. The Morgan fingerprint density at radius 2 is 1.34 bits per heavy atom. The maximum atomic E-state index is 14.1. The predicted octanol–water partition coefficient (Wildman–Crippen LogP) is 4.35. The smallest absolute Gasteiger partial charge is 0.252 e. The van der Waals surface area contributed by atoms with Crippen molar-refractivity contribution in [2.75, 3.05) is 46.9 Å². The van der Waals surface area contributed by atoms with Gasteiger partial charge in [0.15, 0.2) is 11.5 Å². The first-order valence-electron chi connectivity index (χ1n) is 15.7. The molecule has 2 aliphatic heterocycles. The zero-order chi connectivity index (χ0) is 32.8. The molecule has 0 aliphatic carbocycles. The number of amides is 1. The molecule has 1 N–H and O–H groups in total. The number of para-hydroxylation sites is 1. The Hall–Kier alpha value is -4.42. The molecule has 47 heavy (non-hydrogen) atoms. The minimum absolute atomic E-state index is 0.00907. The van der Waals surface area contributed by atoms with E-state index in [-0.39, 0.29) is 35.6 Å². The third kappa shape index (κ3) is 7.28. The van der Waals surface area contributed by atoms with Gasteiger partial charge in [0, 0.05) is 38.7 Å². The van der Waals surface area contributed by atoms with Crippen LogP contribution in [0.25, 0.3) is 0 Å². The highest BCUT2D eigenvalue weighted by Crippen LogP contribution is 2.34. The van der Waals surface area contributed by atoms with Gasteiger partial charge in [0.25, 0.3) is 5.91 Å². The summed E-state index contributed by atoms with van der Waals surface area (Å²) < 4.78 is 46.2. The predicted molar refractivity (Wildman–Crippen MR) is 179 cm³/mol.